The van der Waals surface area contributed by atoms with Gasteiger partial charge in [0.1, 0.15) is 5.60 Å². The summed E-state index contributed by atoms with van der Waals surface area (Å²) in [4.78, 5) is 80.9. The number of rotatable bonds is 31. The summed E-state index contributed by atoms with van der Waals surface area (Å²) in [5.41, 5.74) is -1.41. The van der Waals surface area contributed by atoms with Crippen LogP contribution in [0.2, 0.25) is 63.5 Å². The van der Waals surface area contributed by atoms with Gasteiger partial charge in [-0.25, -0.2) is 0 Å². The molecular formula is C56H100O15Si4. The summed E-state index contributed by atoms with van der Waals surface area (Å²) in [6.07, 6.45) is 7.81. The van der Waals surface area contributed by atoms with Crippen LogP contribution in [0.15, 0.2) is 0 Å². The fraction of sp³-hybridized carbons (Fsp3) is 0.893. The van der Waals surface area contributed by atoms with Gasteiger partial charge in [-0.05, 0) is 210 Å². The van der Waals surface area contributed by atoms with Crippen molar-refractivity contribution in [2.75, 3.05) is 19.8 Å². The van der Waals surface area contributed by atoms with Crippen LogP contribution in [0.5, 0.6) is 0 Å². The molecule has 15 nitrogen and oxygen atoms in total. The second kappa shape index (κ2) is 25.9. The number of carboxylic acids is 1. The molecule has 1 aliphatic heterocycles. The molecule has 0 aromatic heterocycles. The van der Waals surface area contributed by atoms with E-state index in [0.717, 1.165) is 50.2 Å². The van der Waals surface area contributed by atoms with Gasteiger partial charge in [0, 0.05) is 19.1 Å². The quantitative estimate of drug-likeness (QED) is 0.0218. The number of ether oxygens (including phenoxy) is 4. The highest BCUT2D eigenvalue weighted by Crippen LogP contribution is 2.64. The molecule has 1 saturated heterocycles. The average molecular weight is 1130 g/mol. The second-order valence-corrected chi connectivity index (χ2v) is 43.8. The average Bonchev–Trinajstić information content (AvgIpc) is 4.13. The largest absolute Gasteiger partial charge is 0.481 e. The van der Waals surface area contributed by atoms with Gasteiger partial charge in [0.15, 0.2) is 25.0 Å². The van der Waals surface area contributed by atoms with E-state index in [-0.39, 0.29) is 91.4 Å². The topological polar surface area (TPSA) is 207 Å². The molecule has 2 N–H and O–H groups in total. The molecule has 430 valence electrons. The van der Waals surface area contributed by atoms with Gasteiger partial charge in [-0.2, -0.15) is 0 Å². The molecule has 4 saturated carbocycles. The van der Waals surface area contributed by atoms with Gasteiger partial charge in [0.25, 0.3) is 0 Å². The Hall–Kier alpha value is -2.27. The molecule has 19 heteroatoms. The van der Waals surface area contributed by atoms with Crippen LogP contribution in [0.1, 0.15) is 146 Å². The van der Waals surface area contributed by atoms with E-state index in [1.807, 2.05) is 41.5 Å². The summed E-state index contributed by atoms with van der Waals surface area (Å²) in [5.74, 6) is -6.13. The first-order chi connectivity index (χ1) is 34.9. The van der Waals surface area contributed by atoms with E-state index in [2.05, 4.69) is 60.1 Å². The van der Waals surface area contributed by atoms with Crippen molar-refractivity contribution in [1.82, 2.24) is 0 Å². The number of hydrogen-bond acceptors (Lipinski definition) is 14. The number of hydrogen-bond donors (Lipinski definition) is 2. The number of aliphatic carboxylic acids is 1. The Labute approximate surface area is 454 Å². The molecule has 0 spiro atoms. The third-order valence-corrected chi connectivity index (χ3v) is 33.6. The maximum atomic E-state index is 14.4. The van der Waals surface area contributed by atoms with Gasteiger partial charge in [-0.15, -0.1) is 0 Å². The third kappa shape index (κ3) is 15.6. The van der Waals surface area contributed by atoms with Crippen molar-refractivity contribution in [2.45, 2.75) is 215 Å². The summed E-state index contributed by atoms with van der Waals surface area (Å²) in [6.45, 7) is 31.5. The zero-order valence-electron chi connectivity index (χ0n) is 48.8. The molecule has 75 heavy (non-hydrogen) atoms. The standard InChI is InChI=1S/C56H100O15Si4/c1-16-37-42(51(61)67-50(37)60)26-25-40-39(44-35-45(40)48(47(44)49(58)59)53(63)65-30-21-29-57)24-23-38-36-33-43(46(34-36)52(62)68-55(6,7)8)41(38)27-28-56(9,17-2)54(64)66-31-22-32-75(69-72(10,11)12,70-73(13,14)15)71-74(18-3,19-4)20-5/h36-48,57H,16-35H2,1-15H3,(H,58,59). The normalized spacial score (nSPS) is 30.6. The maximum Gasteiger partial charge on any atom is 0.469 e. The number of aliphatic hydroxyl groups excluding tert-OH is 1. The zero-order valence-corrected chi connectivity index (χ0v) is 52.8. The lowest BCUT2D eigenvalue weighted by atomic mass is 9.63. The summed E-state index contributed by atoms with van der Waals surface area (Å²) in [5, 5.41) is 20.1. The highest BCUT2D eigenvalue weighted by atomic mass is 28.5. The molecule has 5 rings (SSSR count). The Morgan fingerprint density at radius 1 is 0.640 bits per heavy atom. The van der Waals surface area contributed by atoms with Crippen LogP contribution in [0, 0.1) is 82.3 Å². The molecule has 5 fully saturated rings. The van der Waals surface area contributed by atoms with Crippen LogP contribution in [0.4, 0.5) is 0 Å². The first-order valence-electron chi connectivity index (χ1n) is 29.2. The van der Waals surface area contributed by atoms with E-state index >= 15 is 0 Å². The van der Waals surface area contributed by atoms with E-state index in [4.69, 9.17) is 31.3 Å². The number of carbonyl (C=O) groups is 6. The van der Waals surface area contributed by atoms with Gasteiger partial charge in [-0.1, -0.05) is 34.6 Å². The van der Waals surface area contributed by atoms with Crippen molar-refractivity contribution in [2.24, 2.45) is 82.3 Å². The number of aliphatic hydroxyl groups is 1. The molecule has 5 aliphatic rings. The fourth-order valence-electron chi connectivity index (χ4n) is 14.7. The van der Waals surface area contributed by atoms with Crippen LogP contribution in [-0.2, 0) is 60.1 Å². The second-order valence-electron chi connectivity index (χ2n) is 26.6. The minimum absolute atomic E-state index is 0.00157. The monoisotopic (exact) mass is 1120 g/mol. The molecule has 4 aliphatic carbocycles. The Bertz CT molecular complexity index is 1950. The Morgan fingerprint density at radius 2 is 1.19 bits per heavy atom. The van der Waals surface area contributed by atoms with Gasteiger partial charge in [0.05, 0.1) is 48.2 Å². The molecule has 4 bridgehead atoms. The smallest absolute Gasteiger partial charge is 0.469 e. The third-order valence-electron chi connectivity index (χ3n) is 18.4. The summed E-state index contributed by atoms with van der Waals surface area (Å²) >= 11 is 0. The predicted octanol–water partition coefficient (Wildman–Crippen LogP) is 11.4. The van der Waals surface area contributed by atoms with Crippen molar-refractivity contribution < 1.29 is 70.3 Å². The summed E-state index contributed by atoms with van der Waals surface area (Å²) < 4.78 is 44.4. The van der Waals surface area contributed by atoms with E-state index in [1.54, 1.807) is 0 Å². The SMILES string of the molecule is CCC1C(=O)OC(=O)C1CCC1C(CCC2C3CC(C(=O)OC(C)(C)C)C(C3)C2CCC(C)(CC)C(=O)OCCC[Si](O[Si](C)(C)C)(O[Si](C)(C)C)O[Si](CC)(CC)CC)C2CC1C(C(=O)OCCCO)C2C(=O)O. The number of esters is 5. The number of fused-ring (bicyclic) bond motifs is 4. The fourth-order valence-corrected chi connectivity index (χ4v) is 31.5. The maximum absolute atomic E-state index is 14.4. The lowest BCUT2D eigenvalue weighted by Crippen LogP contribution is -2.61. The van der Waals surface area contributed by atoms with Gasteiger partial charge in [0.2, 0.25) is 0 Å². The van der Waals surface area contributed by atoms with E-state index in [0.29, 0.717) is 51.0 Å². The molecule has 0 aromatic carbocycles. The molecule has 0 aromatic rings. The van der Waals surface area contributed by atoms with Crippen LogP contribution in [-0.4, -0.2) is 105 Å². The highest BCUT2D eigenvalue weighted by molar-refractivity contribution is 6.90. The van der Waals surface area contributed by atoms with Crippen LogP contribution < -0.4 is 0 Å². The van der Waals surface area contributed by atoms with Crippen molar-refractivity contribution in [1.29, 1.82) is 0 Å². The first kappa shape index (κ1) is 63.6. The molecule has 14 atom stereocenters. The van der Waals surface area contributed by atoms with Gasteiger partial charge >= 0.3 is 44.6 Å². The first-order valence-corrected chi connectivity index (χ1v) is 40.5. The minimum atomic E-state index is -3.17. The molecule has 1 heterocycles. The number of cyclic esters (lactones) is 2. The number of carbonyl (C=O) groups excluding carboxylic acids is 5. The molecule has 0 radical (unpaired) electrons. The van der Waals surface area contributed by atoms with Crippen LogP contribution in [0.3, 0.4) is 0 Å². The summed E-state index contributed by atoms with van der Waals surface area (Å²) in [6, 6.07) is 3.52. The minimum Gasteiger partial charge on any atom is -0.481 e. The Kier molecular flexibility index (Phi) is 21.9. The van der Waals surface area contributed by atoms with Crippen molar-refractivity contribution in [3.05, 3.63) is 0 Å². The number of carboxylic acid groups (broad SMARTS) is 1. The Morgan fingerprint density at radius 3 is 1.72 bits per heavy atom. The van der Waals surface area contributed by atoms with Gasteiger partial charge < -0.3 is 41.5 Å². The van der Waals surface area contributed by atoms with E-state index in [9.17, 15) is 39.0 Å². The van der Waals surface area contributed by atoms with Gasteiger partial charge in [-0.3, -0.25) is 28.8 Å². The Balaban J connectivity index is 1.37. The zero-order chi connectivity index (χ0) is 56.1. The van der Waals surface area contributed by atoms with Crippen molar-refractivity contribution in [3.63, 3.8) is 0 Å². The lowest BCUT2D eigenvalue weighted by Gasteiger charge is -2.45. The van der Waals surface area contributed by atoms with Crippen molar-refractivity contribution in [3.8, 4) is 0 Å². The van der Waals surface area contributed by atoms with Crippen molar-refractivity contribution >= 4 is 69.6 Å². The molecule has 0 amide bonds. The molecule has 14 unspecified atom stereocenters. The molecular weight excluding hydrogens is 1020 g/mol. The predicted molar refractivity (Wildman–Crippen MR) is 296 cm³/mol. The summed E-state index contributed by atoms with van der Waals surface area (Å²) in [7, 11) is -9.55. The van der Waals surface area contributed by atoms with Crippen LogP contribution >= 0.6 is 0 Å². The van der Waals surface area contributed by atoms with E-state index < -0.39 is 92.3 Å². The van der Waals surface area contributed by atoms with E-state index in [1.165, 1.54) is 0 Å². The highest BCUT2D eigenvalue weighted by Gasteiger charge is 2.64. The van der Waals surface area contributed by atoms with Crippen LogP contribution in [0.25, 0.3) is 0 Å². The lowest BCUT2D eigenvalue weighted by molar-refractivity contribution is -0.164.